The Hall–Kier alpha value is -0.520. The molecule has 0 fully saturated rings. The normalized spacial score (nSPS) is 15.0. The largest absolute Gasteiger partial charge is 0.0953 e. The Kier molecular flexibility index (Phi) is 4.85. The van der Waals surface area contributed by atoms with Crippen molar-refractivity contribution in [3.8, 4) is 0 Å². The summed E-state index contributed by atoms with van der Waals surface area (Å²) < 4.78 is 0. The SMILES string of the molecule is C=C(C=C(CC(C)(C)C)C(C)(C)C)C(C)(C)C. The minimum Gasteiger partial charge on any atom is -0.0953 e. The van der Waals surface area contributed by atoms with Crippen LogP contribution in [0, 0.1) is 16.2 Å². The molecule has 0 N–H and O–H groups in total. The Labute approximate surface area is 109 Å². The molecule has 0 nitrogen and oxygen atoms in total. The van der Waals surface area contributed by atoms with Crippen LogP contribution < -0.4 is 0 Å². The second-order valence-electron chi connectivity index (χ2n) is 8.43. The summed E-state index contributed by atoms with van der Waals surface area (Å²) in [5.74, 6) is 0. The van der Waals surface area contributed by atoms with Gasteiger partial charge in [-0.1, -0.05) is 80.5 Å². The van der Waals surface area contributed by atoms with Crippen molar-refractivity contribution in [2.45, 2.75) is 68.7 Å². The molecule has 17 heavy (non-hydrogen) atoms. The van der Waals surface area contributed by atoms with E-state index in [2.05, 4.69) is 75.0 Å². The molecule has 0 heterocycles. The fourth-order valence-corrected chi connectivity index (χ4v) is 1.53. The van der Waals surface area contributed by atoms with Gasteiger partial charge in [-0.3, -0.25) is 0 Å². The lowest BCUT2D eigenvalue weighted by Crippen LogP contribution is -2.18. The predicted molar refractivity (Wildman–Crippen MR) is 80.2 cm³/mol. The minimum absolute atomic E-state index is 0.161. The van der Waals surface area contributed by atoms with E-state index in [1.54, 1.807) is 0 Å². The molecule has 0 aromatic rings. The summed E-state index contributed by atoms with van der Waals surface area (Å²) in [5.41, 5.74) is 3.45. The molecule has 0 aliphatic rings. The van der Waals surface area contributed by atoms with Gasteiger partial charge in [0, 0.05) is 0 Å². The molecule has 0 saturated heterocycles. The number of hydrogen-bond donors (Lipinski definition) is 0. The Morgan fingerprint density at radius 3 is 1.47 bits per heavy atom. The maximum atomic E-state index is 4.23. The molecule has 0 spiro atoms. The van der Waals surface area contributed by atoms with Gasteiger partial charge < -0.3 is 0 Å². The van der Waals surface area contributed by atoms with E-state index in [4.69, 9.17) is 0 Å². The van der Waals surface area contributed by atoms with E-state index < -0.39 is 0 Å². The summed E-state index contributed by atoms with van der Waals surface area (Å²) in [6.07, 6.45) is 3.46. The molecule has 0 atom stereocenters. The van der Waals surface area contributed by atoms with Crippen molar-refractivity contribution < 1.29 is 0 Å². The van der Waals surface area contributed by atoms with Crippen LogP contribution in [-0.2, 0) is 0 Å². The topological polar surface area (TPSA) is 0 Å². The predicted octanol–water partition coefficient (Wildman–Crippen LogP) is 6.00. The van der Waals surface area contributed by atoms with Gasteiger partial charge in [-0.15, -0.1) is 0 Å². The van der Waals surface area contributed by atoms with Gasteiger partial charge in [0.15, 0.2) is 0 Å². The van der Waals surface area contributed by atoms with Gasteiger partial charge in [0.2, 0.25) is 0 Å². The molecule has 100 valence electrons. The molecular formula is C17H32. The Morgan fingerprint density at radius 1 is 0.824 bits per heavy atom. The van der Waals surface area contributed by atoms with E-state index in [0.29, 0.717) is 5.41 Å². The highest BCUT2D eigenvalue weighted by Gasteiger charge is 2.24. The smallest absolute Gasteiger partial charge is 0.0138 e. The maximum Gasteiger partial charge on any atom is -0.0138 e. The molecule has 0 amide bonds. The first-order chi connectivity index (χ1) is 7.23. The van der Waals surface area contributed by atoms with E-state index in [1.807, 2.05) is 0 Å². The first-order valence-corrected chi connectivity index (χ1v) is 6.64. The molecule has 0 bridgehead atoms. The Bertz CT molecular complexity index is 294. The van der Waals surface area contributed by atoms with Gasteiger partial charge in [0.25, 0.3) is 0 Å². The standard InChI is InChI=1S/C17H32/c1-13(16(5,6)7)11-14(17(8,9)10)12-15(2,3)4/h11H,1,12H2,2-10H3. The summed E-state index contributed by atoms with van der Waals surface area (Å²) in [7, 11) is 0. The molecule has 0 rings (SSSR count). The van der Waals surface area contributed by atoms with E-state index in [1.165, 1.54) is 11.1 Å². The highest BCUT2D eigenvalue weighted by Crippen LogP contribution is 2.38. The van der Waals surface area contributed by atoms with Crippen LogP contribution in [0.1, 0.15) is 68.7 Å². The molecular weight excluding hydrogens is 204 g/mol. The number of rotatable bonds is 2. The van der Waals surface area contributed by atoms with E-state index in [0.717, 1.165) is 6.42 Å². The highest BCUT2D eigenvalue weighted by molar-refractivity contribution is 5.28. The summed E-state index contributed by atoms with van der Waals surface area (Å²) in [5, 5.41) is 0. The quantitative estimate of drug-likeness (QED) is 0.516. The van der Waals surface area contributed by atoms with Crippen LogP contribution in [0.5, 0.6) is 0 Å². The van der Waals surface area contributed by atoms with Crippen LogP contribution in [0.3, 0.4) is 0 Å². The molecule has 0 aliphatic carbocycles. The van der Waals surface area contributed by atoms with Crippen molar-refractivity contribution in [3.63, 3.8) is 0 Å². The fourth-order valence-electron chi connectivity index (χ4n) is 1.53. The van der Waals surface area contributed by atoms with Gasteiger partial charge in [-0.25, -0.2) is 0 Å². The second kappa shape index (κ2) is 5.00. The second-order valence-corrected chi connectivity index (χ2v) is 8.43. The fraction of sp³-hybridized carbons (Fsp3) is 0.765. The average molecular weight is 236 g/mol. The maximum absolute atomic E-state index is 4.23. The third-order valence-electron chi connectivity index (χ3n) is 3.00. The first kappa shape index (κ1) is 16.5. The summed E-state index contributed by atoms with van der Waals surface area (Å²) >= 11 is 0. The molecule has 0 aromatic carbocycles. The third-order valence-corrected chi connectivity index (χ3v) is 3.00. The van der Waals surface area contributed by atoms with Gasteiger partial charge >= 0.3 is 0 Å². The summed E-state index contributed by atoms with van der Waals surface area (Å²) in [6, 6.07) is 0. The van der Waals surface area contributed by atoms with Crippen LogP contribution in [0.2, 0.25) is 0 Å². The molecule has 0 unspecified atom stereocenters. The zero-order valence-corrected chi connectivity index (χ0v) is 13.5. The molecule has 0 aromatic heterocycles. The van der Waals surface area contributed by atoms with Crippen LogP contribution in [0.15, 0.2) is 23.8 Å². The van der Waals surface area contributed by atoms with Crippen LogP contribution in [-0.4, -0.2) is 0 Å². The molecule has 0 aliphatic heterocycles. The van der Waals surface area contributed by atoms with E-state index >= 15 is 0 Å². The lowest BCUT2D eigenvalue weighted by atomic mass is 9.74. The van der Waals surface area contributed by atoms with Gasteiger partial charge in [0.05, 0.1) is 0 Å². The van der Waals surface area contributed by atoms with Crippen molar-refractivity contribution in [3.05, 3.63) is 23.8 Å². The van der Waals surface area contributed by atoms with E-state index in [-0.39, 0.29) is 10.8 Å². The number of allylic oxidation sites excluding steroid dienone is 3. The summed E-state index contributed by atoms with van der Waals surface area (Å²) in [6.45, 7) is 24.7. The number of hydrogen-bond acceptors (Lipinski definition) is 0. The lowest BCUT2D eigenvalue weighted by Gasteiger charge is -2.31. The average Bonchev–Trinajstić information content (AvgIpc) is 1.96. The first-order valence-electron chi connectivity index (χ1n) is 6.64. The zero-order chi connectivity index (χ0) is 14.1. The van der Waals surface area contributed by atoms with Crippen molar-refractivity contribution in [1.82, 2.24) is 0 Å². The molecule has 0 heteroatoms. The summed E-state index contributed by atoms with van der Waals surface area (Å²) in [4.78, 5) is 0. The molecule has 0 radical (unpaired) electrons. The lowest BCUT2D eigenvalue weighted by molar-refractivity contribution is 0.358. The minimum atomic E-state index is 0.161. The third kappa shape index (κ3) is 6.71. The Balaban J connectivity index is 5.23. The van der Waals surface area contributed by atoms with Gasteiger partial charge in [-0.2, -0.15) is 0 Å². The van der Waals surface area contributed by atoms with Gasteiger partial charge in [0.1, 0.15) is 0 Å². The monoisotopic (exact) mass is 236 g/mol. The highest BCUT2D eigenvalue weighted by atomic mass is 14.3. The van der Waals surface area contributed by atoms with Crippen molar-refractivity contribution in [2.24, 2.45) is 16.2 Å². The van der Waals surface area contributed by atoms with Crippen LogP contribution in [0.4, 0.5) is 0 Å². The Morgan fingerprint density at radius 2 is 1.24 bits per heavy atom. The van der Waals surface area contributed by atoms with Crippen molar-refractivity contribution in [1.29, 1.82) is 0 Å². The van der Waals surface area contributed by atoms with Crippen molar-refractivity contribution >= 4 is 0 Å². The van der Waals surface area contributed by atoms with Crippen LogP contribution >= 0.6 is 0 Å². The van der Waals surface area contributed by atoms with Crippen LogP contribution in [0.25, 0.3) is 0 Å². The van der Waals surface area contributed by atoms with E-state index in [9.17, 15) is 0 Å². The molecule has 0 saturated carbocycles. The van der Waals surface area contributed by atoms with Crippen molar-refractivity contribution in [2.75, 3.05) is 0 Å². The van der Waals surface area contributed by atoms with Gasteiger partial charge in [-0.05, 0) is 28.2 Å². The zero-order valence-electron chi connectivity index (χ0n) is 13.5.